The number of benzene rings is 9. The third kappa shape index (κ3) is 3.50. The van der Waals surface area contributed by atoms with Gasteiger partial charge in [0.1, 0.15) is 11.2 Å². The Morgan fingerprint density at radius 2 is 0.956 bits per heavy atom. The van der Waals surface area contributed by atoms with Crippen molar-refractivity contribution in [1.82, 2.24) is 0 Å². The van der Waals surface area contributed by atoms with Crippen LogP contribution >= 0.6 is 0 Å². The van der Waals surface area contributed by atoms with Gasteiger partial charge in [-0.2, -0.15) is 0 Å². The minimum absolute atomic E-state index is 0.928. The van der Waals surface area contributed by atoms with Crippen LogP contribution in [0.5, 0.6) is 0 Å². The molecule has 1 heterocycles. The molecule has 10 aromatic rings. The summed E-state index contributed by atoms with van der Waals surface area (Å²) in [4.78, 5) is 0. The van der Waals surface area contributed by atoms with E-state index in [2.05, 4.69) is 158 Å². The largest absolute Gasteiger partial charge is 0.455 e. The summed E-state index contributed by atoms with van der Waals surface area (Å²) in [5.74, 6) is 0. The zero-order valence-corrected chi connectivity index (χ0v) is 24.4. The van der Waals surface area contributed by atoms with Crippen molar-refractivity contribution in [2.75, 3.05) is 0 Å². The van der Waals surface area contributed by atoms with E-state index >= 15 is 0 Å². The second-order valence-electron chi connectivity index (χ2n) is 12.0. The first-order valence-corrected chi connectivity index (χ1v) is 15.5. The summed E-state index contributed by atoms with van der Waals surface area (Å²) in [6.07, 6.45) is 0. The van der Waals surface area contributed by atoms with Crippen molar-refractivity contribution in [2.24, 2.45) is 0 Å². The Labute approximate surface area is 259 Å². The van der Waals surface area contributed by atoms with Crippen LogP contribution in [0.3, 0.4) is 0 Å². The van der Waals surface area contributed by atoms with Crippen LogP contribution in [0.2, 0.25) is 0 Å². The molecular formula is C44H26O. The lowest BCUT2D eigenvalue weighted by molar-refractivity contribution is 0.670. The second kappa shape index (κ2) is 9.29. The number of hydrogen-bond acceptors (Lipinski definition) is 1. The third-order valence-electron chi connectivity index (χ3n) is 9.59. The molecule has 208 valence electrons. The number of hydrogen-bond donors (Lipinski definition) is 0. The molecule has 0 atom stereocenters. The summed E-state index contributed by atoms with van der Waals surface area (Å²) < 4.78 is 6.75. The van der Waals surface area contributed by atoms with Crippen molar-refractivity contribution in [1.29, 1.82) is 0 Å². The lowest BCUT2D eigenvalue weighted by Gasteiger charge is -2.19. The number of furan rings is 1. The molecule has 0 aliphatic heterocycles. The molecule has 45 heavy (non-hydrogen) atoms. The fourth-order valence-corrected chi connectivity index (χ4v) is 7.65. The van der Waals surface area contributed by atoms with Crippen LogP contribution in [0.1, 0.15) is 0 Å². The van der Waals surface area contributed by atoms with Crippen molar-refractivity contribution < 1.29 is 4.42 Å². The highest BCUT2D eigenvalue weighted by Crippen LogP contribution is 2.49. The van der Waals surface area contributed by atoms with Crippen LogP contribution in [0.15, 0.2) is 162 Å². The Kier molecular flexibility index (Phi) is 5.06. The maximum Gasteiger partial charge on any atom is 0.143 e. The first-order valence-electron chi connectivity index (χ1n) is 15.5. The summed E-state index contributed by atoms with van der Waals surface area (Å²) in [7, 11) is 0. The Hall–Kier alpha value is -5.92. The second-order valence-corrected chi connectivity index (χ2v) is 12.0. The Bertz CT molecular complexity index is 2690. The fraction of sp³-hybridized carbons (Fsp3) is 0. The van der Waals surface area contributed by atoms with Gasteiger partial charge in [0, 0.05) is 16.3 Å². The Morgan fingerprint density at radius 1 is 0.333 bits per heavy atom. The summed E-state index contributed by atoms with van der Waals surface area (Å²) in [5.41, 5.74) is 9.20. The van der Waals surface area contributed by atoms with Gasteiger partial charge in [0.05, 0.1) is 0 Å². The number of fused-ring (bicyclic) bond motifs is 3. The SMILES string of the molecule is c1ccc(-c2c3ccccc3c(-c3cc4ccc(-c5ccc6ccccc6c5)c5oc6cccc3c6c45)c3ccccc23)cc1. The monoisotopic (exact) mass is 570 g/mol. The molecule has 9 aromatic carbocycles. The van der Waals surface area contributed by atoms with Crippen LogP contribution in [-0.4, -0.2) is 0 Å². The zero-order chi connectivity index (χ0) is 29.5. The van der Waals surface area contributed by atoms with Crippen molar-refractivity contribution in [3.8, 4) is 33.4 Å². The van der Waals surface area contributed by atoms with Gasteiger partial charge in [-0.3, -0.25) is 0 Å². The van der Waals surface area contributed by atoms with Crippen LogP contribution in [-0.2, 0) is 0 Å². The van der Waals surface area contributed by atoms with E-state index in [1.54, 1.807) is 0 Å². The molecule has 0 radical (unpaired) electrons. The lowest BCUT2D eigenvalue weighted by atomic mass is 9.83. The van der Waals surface area contributed by atoms with Crippen LogP contribution < -0.4 is 0 Å². The van der Waals surface area contributed by atoms with Crippen LogP contribution in [0, 0.1) is 0 Å². The molecule has 0 spiro atoms. The smallest absolute Gasteiger partial charge is 0.143 e. The van der Waals surface area contributed by atoms with E-state index in [-0.39, 0.29) is 0 Å². The molecule has 1 aromatic heterocycles. The van der Waals surface area contributed by atoms with E-state index in [1.165, 1.54) is 81.7 Å². The highest BCUT2D eigenvalue weighted by atomic mass is 16.3. The van der Waals surface area contributed by atoms with Crippen LogP contribution in [0.25, 0.3) is 98.4 Å². The van der Waals surface area contributed by atoms with E-state index < -0.39 is 0 Å². The van der Waals surface area contributed by atoms with Gasteiger partial charge in [0.2, 0.25) is 0 Å². The summed E-state index contributed by atoms with van der Waals surface area (Å²) in [6, 6.07) is 57.2. The third-order valence-corrected chi connectivity index (χ3v) is 9.59. The predicted molar refractivity (Wildman–Crippen MR) is 191 cm³/mol. The highest BCUT2D eigenvalue weighted by Gasteiger charge is 2.23. The standard InChI is InChI=1S/C44H26O/c1-2-12-28(13-3-1)40-33-15-6-8-17-35(33)42(36-18-9-7-16-34(36)40)38-26-31-23-24-32(30-22-21-27-11-4-5-14-29(27)25-30)44-41(31)43-37(38)19-10-20-39(43)45-44/h1-26H. The quantitative estimate of drug-likeness (QED) is 0.152. The Balaban J connectivity index is 1.31. The van der Waals surface area contributed by atoms with Gasteiger partial charge in [-0.15, -0.1) is 0 Å². The normalized spacial score (nSPS) is 12.0. The van der Waals surface area contributed by atoms with Gasteiger partial charge >= 0.3 is 0 Å². The van der Waals surface area contributed by atoms with E-state index in [9.17, 15) is 0 Å². The zero-order valence-electron chi connectivity index (χ0n) is 24.4. The minimum atomic E-state index is 0.928. The summed E-state index contributed by atoms with van der Waals surface area (Å²) in [5, 5.41) is 12.3. The average Bonchev–Trinajstić information content (AvgIpc) is 3.50. The molecule has 10 rings (SSSR count). The number of rotatable bonds is 3. The summed E-state index contributed by atoms with van der Waals surface area (Å²) in [6.45, 7) is 0. The van der Waals surface area contributed by atoms with E-state index in [1.807, 2.05) is 0 Å². The van der Waals surface area contributed by atoms with Crippen molar-refractivity contribution in [3.63, 3.8) is 0 Å². The first kappa shape index (κ1) is 24.5. The van der Waals surface area contributed by atoms with Gasteiger partial charge in [0.25, 0.3) is 0 Å². The van der Waals surface area contributed by atoms with Crippen LogP contribution in [0.4, 0.5) is 0 Å². The van der Waals surface area contributed by atoms with Gasteiger partial charge in [-0.25, -0.2) is 0 Å². The van der Waals surface area contributed by atoms with E-state index in [0.717, 1.165) is 16.7 Å². The Morgan fingerprint density at radius 3 is 1.71 bits per heavy atom. The first-order chi connectivity index (χ1) is 22.3. The molecule has 1 heteroatoms. The molecule has 0 amide bonds. The predicted octanol–water partition coefficient (Wildman–Crippen LogP) is 12.6. The molecule has 0 unspecified atom stereocenters. The molecule has 0 aliphatic rings. The van der Waals surface area contributed by atoms with E-state index in [0.29, 0.717) is 0 Å². The minimum Gasteiger partial charge on any atom is -0.455 e. The van der Waals surface area contributed by atoms with Gasteiger partial charge < -0.3 is 4.42 Å². The molecule has 0 saturated heterocycles. The van der Waals surface area contributed by atoms with Gasteiger partial charge in [0.15, 0.2) is 0 Å². The van der Waals surface area contributed by atoms with E-state index in [4.69, 9.17) is 4.42 Å². The molecule has 0 fully saturated rings. The molecular weight excluding hydrogens is 544 g/mol. The topological polar surface area (TPSA) is 13.1 Å². The maximum atomic E-state index is 6.75. The molecule has 0 saturated carbocycles. The fourth-order valence-electron chi connectivity index (χ4n) is 7.65. The summed E-state index contributed by atoms with van der Waals surface area (Å²) >= 11 is 0. The molecule has 0 N–H and O–H groups in total. The average molecular weight is 571 g/mol. The van der Waals surface area contributed by atoms with Gasteiger partial charge in [-0.1, -0.05) is 133 Å². The lowest BCUT2D eigenvalue weighted by Crippen LogP contribution is -1.92. The molecule has 0 aliphatic carbocycles. The van der Waals surface area contributed by atoms with Crippen molar-refractivity contribution in [3.05, 3.63) is 158 Å². The highest BCUT2D eigenvalue weighted by molar-refractivity contribution is 6.30. The molecule has 1 nitrogen and oxygen atoms in total. The maximum absolute atomic E-state index is 6.75. The van der Waals surface area contributed by atoms with Crippen molar-refractivity contribution >= 4 is 65.0 Å². The van der Waals surface area contributed by atoms with Gasteiger partial charge in [-0.05, 0) is 95.2 Å². The molecule has 0 bridgehead atoms. The van der Waals surface area contributed by atoms with Crippen molar-refractivity contribution in [2.45, 2.75) is 0 Å².